The fourth-order valence-electron chi connectivity index (χ4n) is 5.59. The van der Waals surface area contributed by atoms with Crippen molar-refractivity contribution >= 4 is 17.7 Å². The number of hydrogen-bond donors (Lipinski definition) is 2. The number of hydrogen-bond acceptors (Lipinski definition) is 7. The van der Waals surface area contributed by atoms with Crippen molar-refractivity contribution < 1.29 is 19.1 Å². The maximum absolute atomic E-state index is 14.1. The second kappa shape index (κ2) is 9.84. The number of carbonyl (C=O) groups excluding carboxylic acids is 3. The van der Waals surface area contributed by atoms with Gasteiger partial charge in [0.1, 0.15) is 11.3 Å². The minimum absolute atomic E-state index is 0.205. The van der Waals surface area contributed by atoms with E-state index in [-0.39, 0.29) is 17.4 Å². The number of benzene rings is 1. The third-order valence-corrected chi connectivity index (χ3v) is 7.81. The van der Waals surface area contributed by atoms with Gasteiger partial charge in [0.25, 0.3) is 5.91 Å². The van der Waals surface area contributed by atoms with E-state index in [0.29, 0.717) is 54.3 Å². The summed E-state index contributed by atoms with van der Waals surface area (Å²) in [6.07, 6.45) is 5.96. The van der Waals surface area contributed by atoms with Crippen LogP contribution < -0.4 is 15.8 Å². The Morgan fingerprint density at radius 2 is 1.93 bits per heavy atom. The highest BCUT2D eigenvalue weighted by atomic mass is 16.5. The molecule has 208 valence electrons. The molecule has 2 aliphatic rings. The van der Waals surface area contributed by atoms with Crippen LogP contribution in [-0.4, -0.2) is 68.1 Å². The highest BCUT2D eigenvalue weighted by Gasteiger charge is 2.43. The van der Waals surface area contributed by atoms with Crippen molar-refractivity contribution in [2.75, 3.05) is 20.2 Å². The Bertz CT molecular complexity index is 1710. The minimum Gasteiger partial charge on any atom is -0.496 e. The molecule has 0 saturated carbocycles. The molecular weight excluding hydrogens is 522 g/mol. The quantitative estimate of drug-likeness (QED) is 0.388. The highest BCUT2D eigenvalue weighted by Crippen LogP contribution is 2.43. The second-order valence-electron chi connectivity index (χ2n) is 10.6. The maximum Gasteiger partial charge on any atom is 0.275 e. The first-order valence-corrected chi connectivity index (χ1v) is 13.3. The third-order valence-electron chi connectivity index (χ3n) is 7.81. The summed E-state index contributed by atoms with van der Waals surface area (Å²) in [6, 6.07) is 11.1. The molecule has 4 aromatic rings. The van der Waals surface area contributed by atoms with Gasteiger partial charge in [-0.2, -0.15) is 5.10 Å². The number of pyridine rings is 2. The summed E-state index contributed by atoms with van der Waals surface area (Å²) < 4.78 is 7.45. The molecule has 6 rings (SSSR count). The van der Waals surface area contributed by atoms with Crippen LogP contribution in [0.3, 0.4) is 0 Å². The summed E-state index contributed by atoms with van der Waals surface area (Å²) in [7, 11) is 1.59. The highest BCUT2D eigenvalue weighted by molar-refractivity contribution is 6.01. The van der Waals surface area contributed by atoms with Gasteiger partial charge in [0, 0.05) is 53.9 Å². The van der Waals surface area contributed by atoms with Crippen molar-refractivity contribution in [2.45, 2.75) is 32.2 Å². The predicted octanol–water partition coefficient (Wildman–Crippen LogP) is 2.55. The van der Waals surface area contributed by atoms with Crippen LogP contribution in [0.2, 0.25) is 0 Å². The Labute approximate surface area is 236 Å². The molecule has 0 radical (unpaired) electrons. The number of primary amides is 1. The van der Waals surface area contributed by atoms with E-state index in [9.17, 15) is 14.4 Å². The van der Waals surface area contributed by atoms with Crippen molar-refractivity contribution in [3.05, 3.63) is 77.4 Å². The Morgan fingerprint density at radius 3 is 2.66 bits per heavy atom. The van der Waals surface area contributed by atoms with Crippen molar-refractivity contribution in [3.63, 3.8) is 0 Å². The number of fused-ring (bicyclic) bond motifs is 3. The Kier molecular flexibility index (Phi) is 6.29. The minimum atomic E-state index is -1.03. The zero-order valence-corrected chi connectivity index (χ0v) is 23.0. The molecule has 11 heteroatoms. The van der Waals surface area contributed by atoms with Crippen LogP contribution in [-0.2, 0) is 17.6 Å². The molecule has 1 saturated heterocycles. The monoisotopic (exact) mass is 551 g/mol. The van der Waals surface area contributed by atoms with Crippen molar-refractivity contribution in [1.82, 2.24) is 30.0 Å². The van der Waals surface area contributed by atoms with Crippen LogP contribution in [0.25, 0.3) is 28.2 Å². The summed E-state index contributed by atoms with van der Waals surface area (Å²) in [5.41, 5.74) is 9.86. The molecule has 11 nitrogen and oxygen atoms in total. The van der Waals surface area contributed by atoms with Gasteiger partial charge in [-0.15, -0.1) is 0 Å². The predicted molar refractivity (Wildman–Crippen MR) is 151 cm³/mol. The fourth-order valence-corrected chi connectivity index (χ4v) is 5.59. The first-order chi connectivity index (χ1) is 19.7. The van der Waals surface area contributed by atoms with Gasteiger partial charge in [-0.3, -0.25) is 19.4 Å². The van der Waals surface area contributed by atoms with Crippen LogP contribution >= 0.6 is 0 Å². The smallest absolute Gasteiger partial charge is 0.275 e. The van der Waals surface area contributed by atoms with Gasteiger partial charge in [0.05, 0.1) is 18.4 Å². The number of piperazine rings is 1. The molecule has 41 heavy (non-hydrogen) atoms. The van der Waals surface area contributed by atoms with E-state index in [4.69, 9.17) is 15.6 Å². The third kappa shape index (κ3) is 4.30. The van der Waals surface area contributed by atoms with Crippen LogP contribution in [0.4, 0.5) is 0 Å². The Hall–Kier alpha value is -5.06. The Balaban J connectivity index is 1.56. The van der Waals surface area contributed by atoms with Gasteiger partial charge in [-0.1, -0.05) is 6.07 Å². The summed E-state index contributed by atoms with van der Waals surface area (Å²) in [5.74, 6) is 0.0950. The molecular formula is C30H29N7O4. The molecule has 1 aliphatic carbocycles. The number of rotatable bonds is 5. The van der Waals surface area contributed by atoms with Gasteiger partial charge in [-0.05, 0) is 62.6 Å². The van der Waals surface area contributed by atoms with Crippen LogP contribution in [0.5, 0.6) is 5.75 Å². The fraction of sp³-hybridized carbons (Fsp3) is 0.267. The first-order valence-electron chi connectivity index (χ1n) is 13.3. The summed E-state index contributed by atoms with van der Waals surface area (Å²) in [6.45, 7) is 4.23. The number of aryl methyl sites for hydroxylation is 1. The number of aromatic nitrogens is 4. The Morgan fingerprint density at radius 1 is 1.10 bits per heavy atom. The SMILES string of the molecule is COc1cc2c(cc1-c1cncc(C(N)=O)c1)-c1c(c(C(=O)N3CCNC(=O)C3(C)C)nn1-c1ccccn1)CC2. The van der Waals surface area contributed by atoms with Crippen LogP contribution in [0, 0.1) is 0 Å². The summed E-state index contributed by atoms with van der Waals surface area (Å²) in [5, 5.41) is 7.68. The topological polar surface area (TPSA) is 145 Å². The average molecular weight is 552 g/mol. The van der Waals surface area contributed by atoms with Gasteiger partial charge >= 0.3 is 0 Å². The maximum atomic E-state index is 14.1. The number of amides is 3. The van der Waals surface area contributed by atoms with Crippen LogP contribution in [0.15, 0.2) is 55.0 Å². The molecule has 3 amide bonds. The van der Waals surface area contributed by atoms with Gasteiger partial charge in [-0.25, -0.2) is 9.67 Å². The molecule has 3 aromatic heterocycles. The molecule has 0 bridgehead atoms. The van der Waals surface area contributed by atoms with Crippen molar-refractivity contribution in [1.29, 1.82) is 0 Å². The van der Waals surface area contributed by atoms with E-state index in [1.807, 2.05) is 30.3 Å². The normalized spacial score (nSPS) is 15.5. The largest absolute Gasteiger partial charge is 0.496 e. The van der Waals surface area contributed by atoms with E-state index in [0.717, 1.165) is 22.4 Å². The molecule has 1 fully saturated rings. The van der Waals surface area contributed by atoms with E-state index in [2.05, 4.69) is 15.3 Å². The summed E-state index contributed by atoms with van der Waals surface area (Å²) in [4.78, 5) is 48.9. The zero-order chi connectivity index (χ0) is 28.9. The second-order valence-corrected chi connectivity index (χ2v) is 10.6. The number of ether oxygens (including phenoxy) is 1. The first kappa shape index (κ1) is 26.2. The van der Waals surface area contributed by atoms with Gasteiger partial charge in [0.15, 0.2) is 11.5 Å². The number of nitrogens with one attached hydrogen (secondary N) is 1. The standard InChI is InChI=1S/C30H29N7O4/c1-30(2)29(40)34-10-11-36(30)28(39)25-20-8-7-17-13-23(41-3)21(18-12-19(27(31)38)16-32-15-18)14-22(17)26(20)37(35-25)24-6-4-5-9-33-24/h4-6,9,12-16H,7-8,10-11H2,1-3H3,(H2,31,38)(H,34,40). The molecule has 1 aromatic carbocycles. The lowest BCUT2D eigenvalue weighted by Gasteiger charge is -2.40. The van der Waals surface area contributed by atoms with E-state index in [1.165, 1.54) is 6.20 Å². The lowest BCUT2D eigenvalue weighted by molar-refractivity contribution is -0.133. The average Bonchev–Trinajstić information content (AvgIpc) is 3.38. The molecule has 0 spiro atoms. The molecule has 4 heterocycles. The number of nitrogens with zero attached hydrogens (tertiary/aromatic N) is 5. The zero-order valence-electron chi connectivity index (χ0n) is 23.0. The number of carbonyl (C=O) groups is 3. The molecule has 0 atom stereocenters. The van der Waals surface area contributed by atoms with E-state index < -0.39 is 11.4 Å². The molecule has 3 N–H and O–H groups in total. The van der Waals surface area contributed by atoms with Gasteiger partial charge < -0.3 is 20.7 Å². The van der Waals surface area contributed by atoms with Crippen LogP contribution in [0.1, 0.15) is 45.8 Å². The van der Waals surface area contributed by atoms with Crippen molar-refractivity contribution in [2.24, 2.45) is 5.73 Å². The van der Waals surface area contributed by atoms with Crippen molar-refractivity contribution in [3.8, 4) is 34.0 Å². The molecule has 0 unspecified atom stereocenters. The van der Waals surface area contributed by atoms with E-state index in [1.54, 1.807) is 49.0 Å². The molecule has 1 aliphatic heterocycles. The van der Waals surface area contributed by atoms with E-state index >= 15 is 0 Å². The number of nitrogens with two attached hydrogens (primary N) is 1. The lowest BCUT2D eigenvalue weighted by atomic mass is 9.86. The van der Waals surface area contributed by atoms with Gasteiger partial charge in [0.2, 0.25) is 11.8 Å². The number of methoxy groups -OCH3 is 1. The summed E-state index contributed by atoms with van der Waals surface area (Å²) >= 11 is 0. The lowest BCUT2D eigenvalue weighted by Crippen LogP contribution is -2.63.